The summed E-state index contributed by atoms with van der Waals surface area (Å²) in [4.78, 5) is 23.6. The van der Waals surface area contributed by atoms with Crippen molar-refractivity contribution >= 4 is 46.9 Å². The molecule has 1 aromatic heterocycles. The number of nitriles is 1. The topological polar surface area (TPSA) is 83.1 Å². The summed E-state index contributed by atoms with van der Waals surface area (Å²) in [6.07, 6.45) is 2.74. The molecule has 1 heterocycles. The molecule has 2 rings (SSSR count). The van der Waals surface area contributed by atoms with Crippen LogP contribution in [0.4, 0.5) is 5.88 Å². The first-order valence-electron chi connectivity index (χ1n) is 6.82. The zero-order valence-electron chi connectivity index (χ0n) is 12.8. The molecule has 0 radical (unpaired) electrons. The molecule has 0 aliphatic carbocycles. The highest BCUT2D eigenvalue weighted by molar-refractivity contribution is 6.35. The summed E-state index contributed by atoms with van der Waals surface area (Å²) in [7, 11) is 0. The third-order valence-electron chi connectivity index (χ3n) is 3.16. The summed E-state index contributed by atoms with van der Waals surface area (Å²) >= 11 is 11.8. The number of carbonyl (C=O) groups is 2. The second-order valence-corrected chi connectivity index (χ2v) is 5.74. The first kappa shape index (κ1) is 17.8. The third-order valence-corrected chi connectivity index (χ3v) is 3.72. The van der Waals surface area contributed by atoms with Crippen LogP contribution in [0.2, 0.25) is 10.0 Å². The van der Waals surface area contributed by atoms with Gasteiger partial charge in [0.25, 0.3) is 5.91 Å². The summed E-state index contributed by atoms with van der Waals surface area (Å²) in [5, 5.41) is 12.5. The van der Waals surface area contributed by atoms with E-state index < -0.39 is 5.91 Å². The molecule has 0 aliphatic heterocycles. The van der Waals surface area contributed by atoms with E-state index in [1.165, 1.54) is 19.1 Å². The number of benzene rings is 1. The highest BCUT2D eigenvalue weighted by Gasteiger charge is 2.21. The Kier molecular flexibility index (Phi) is 5.45. The number of amides is 1. The molecule has 0 fully saturated rings. The fourth-order valence-electron chi connectivity index (χ4n) is 2.12. The number of halogens is 2. The van der Waals surface area contributed by atoms with E-state index in [9.17, 15) is 14.9 Å². The number of anilines is 1. The van der Waals surface area contributed by atoms with Crippen LogP contribution in [-0.4, -0.2) is 11.7 Å². The highest BCUT2D eigenvalue weighted by Crippen LogP contribution is 2.27. The van der Waals surface area contributed by atoms with Crippen LogP contribution >= 0.6 is 23.2 Å². The number of ketones is 1. The maximum absolute atomic E-state index is 12.0. The van der Waals surface area contributed by atoms with Crippen molar-refractivity contribution in [3.05, 3.63) is 56.8 Å². The van der Waals surface area contributed by atoms with Crippen LogP contribution in [0.25, 0.3) is 6.08 Å². The Balaban J connectivity index is 2.22. The Hall–Kier alpha value is -2.55. The van der Waals surface area contributed by atoms with Crippen LogP contribution < -0.4 is 5.32 Å². The van der Waals surface area contributed by atoms with E-state index in [1.54, 1.807) is 25.1 Å². The van der Waals surface area contributed by atoms with Gasteiger partial charge < -0.3 is 4.42 Å². The van der Waals surface area contributed by atoms with Gasteiger partial charge in [0.15, 0.2) is 5.78 Å². The summed E-state index contributed by atoms with van der Waals surface area (Å²) in [5.41, 5.74) is 0.778. The minimum Gasteiger partial charge on any atom is -0.443 e. The van der Waals surface area contributed by atoms with Gasteiger partial charge in [0, 0.05) is 16.1 Å². The van der Waals surface area contributed by atoms with E-state index in [4.69, 9.17) is 27.6 Å². The van der Waals surface area contributed by atoms with Crippen molar-refractivity contribution < 1.29 is 14.0 Å². The molecular formula is C17H12Cl2N2O3. The predicted molar refractivity (Wildman–Crippen MR) is 92.3 cm³/mol. The maximum Gasteiger partial charge on any atom is 0.250 e. The predicted octanol–water partition coefficient (Wildman–Crippen LogP) is 4.62. The van der Waals surface area contributed by atoms with E-state index in [2.05, 4.69) is 5.32 Å². The quantitative estimate of drug-likeness (QED) is 0.635. The third kappa shape index (κ3) is 3.85. The number of Topliss-reactive ketones (excluding diaryl/α,β-unsaturated/α-hetero) is 1. The lowest BCUT2D eigenvalue weighted by Gasteiger charge is -2.00. The standard InChI is InChI=1S/C17H12Cl2N2O3/c1-9(22)16-10(2)24-17(13(16)8-20)21-15(23)6-4-11-3-5-12(18)7-14(11)19/h3-7H,1-2H3,(H,21,23)/b6-4+. The molecule has 0 saturated carbocycles. The van der Waals surface area contributed by atoms with Crippen molar-refractivity contribution in [1.29, 1.82) is 5.26 Å². The Labute approximate surface area is 148 Å². The zero-order valence-corrected chi connectivity index (χ0v) is 14.3. The number of aryl methyl sites for hydroxylation is 1. The molecule has 1 aromatic carbocycles. The molecule has 5 nitrogen and oxygen atoms in total. The number of nitrogens with one attached hydrogen (secondary N) is 1. The molecule has 0 spiro atoms. The fraction of sp³-hybridized carbons (Fsp3) is 0.118. The van der Waals surface area contributed by atoms with Gasteiger partial charge in [0.1, 0.15) is 17.4 Å². The molecule has 0 unspecified atom stereocenters. The Morgan fingerprint density at radius 1 is 1.33 bits per heavy atom. The average molecular weight is 363 g/mol. The lowest BCUT2D eigenvalue weighted by molar-refractivity contribution is -0.111. The van der Waals surface area contributed by atoms with Crippen molar-refractivity contribution in [2.24, 2.45) is 0 Å². The van der Waals surface area contributed by atoms with Crippen LogP contribution in [0.5, 0.6) is 0 Å². The number of hydrogen-bond donors (Lipinski definition) is 1. The van der Waals surface area contributed by atoms with Crippen LogP contribution in [0.1, 0.15) is 34.2 Å². The zero-order chi connectivity index (χ0) is 17.9. The monoisotopic (exact) mass is 362 g/mol. The normalized spacial score (nSPS) is 10.6. The van der Waals surface area contributed by atoms with Crippen LogP contribution in [0.15, 0.2) is 28.7 Å². The van der Waals surface area contributed by atoms with E-state index in [0.29, 0.717) is 15.6 Å². The van der Waals surface area contributed by atoms with E-state index >= 15 is 0 Å². The van der Waals surface area contributed by atoms with Gasteiger partial charge in [-0.1, -0.05) is 29.3 Å². The molecular weight excluding hydrogens is 351 g/mol. The van der Waals surface area contributed by atoms with Gasteiger partial charge in [-0.15, -0.1) is 0 Å². The van der Waals surface area contributed by atoms with Crippen molar-refractivity contribution in [3.63, 3.8) is 0 Å². The van der Waals surface area contributed by atoms with Gasteiger partial charge >= 0.3 is 0 Å². The van der Waals surface area contributed by atoms with Gasteiger partial charge in [-0.3, -0.25) is 14.9 Å². The average Bonchev–Trinajstić information content (AvgIpc) is 2.81. The number of nitrogens with zero attached hydrogens (tertiary/aromatic N) is 1. The first-order valence-corrected chi connectivity index (χ1v) is 7.57. The molecule has 0 bridgehead atoms. The van der Waals surface area contributed by atoms with Crippen molar-refractivity contribution in [3.8, 4) is 6.07 Å². The Bertz CT molecular complexity index is 892. The van der Waals surface area contributed by atoms with E-state index in [1.807, 2.05) is 6.07 Å². The van der Waals surface area contributed by atoms with Gasteiger partial charge in [-0.05, 0) is 37.6 Å². The molecule has 0 atom stereocenters. The smallest absolute Gasteiger partial charge is 0.250 e. The highest BCUT2D eigenvalue weighted by atomic mass is 35.5. The SMILES string of the molecule is CC(=O)c1c(C)oc(NC(=O)/C=C/c2ccc(Cl)cc2Cl)c1C#N. The molecule has 1 N–H and O–H groups in total. The fourth-order valence-corrected chi connectivity index (χ4v) is 2.59. The Morgan fingerprint density at radius 3 is 2.62 bits per heavy atom. The summed E-state index contributed by atoms with van der Waals surface area (Å²) < 4.78 is 5.31. The molecule has 0 saturated heterocycles. The second-order valence-electron chi connectivity index (χ2n) is 4.89. The second kappa shape index (κ2) is 7.35. The number of rotatable bonds is 4. The molecule has 7 heteroatoms. The summed E-state index contributed by atoms with van der Waals surface area (Å²) in [6.45, 7) is 2.88. The van der Waals surface area contributed by atoms with Gasteiger partial charge in [-0.25, -0.2) is 0 Å². The maximum atomic E-state index is 12.0. The lowest BCUT2D eigenvalue weighted by atomic mass is 10.1. The van der Waals surface area contributed by atoms with E-state index in [-0.39, 0.29) is 28.6 Å². The van der Waals surface area contributed by atoms with Crippen LogP contribution in [0.3, 0.4) is 0 Å². The van der Waals surface area contributed by atoms with Gasteiger partial charge in [0.2, 0.25) is 5.88 Å². The minimum atomic E-state index is -0.527. The molecule has 0 aliphatic rings. The molecule has 2 aromatic rings. The van der Waals surface area contributed by atoms with E-state index in [0.717, 1.165) is 0 Å². The van der Waals surface area contributed by atoms with Crippen molar-refractivity contribution in [2.75, 3.05) is 5.32 Å². The first-order chi connectivity index (χ1) is 11.3. The number of carbonyl (C=O) groups excluding carboxylic acids is 2. The largest absolute Gasteiger partial charge is 0.443 e. The van der Waals surface area contributed by atoms with Gasteiger partial charge in [-0.2, -0.15) is 5.26 Å². The molecule has 1 amide bonds. The number of furan rings is 1. The van der Waals surface area contributed by atoms with Gasteiger partial charge in [0.05, 0.1) is 5.56 Å². The Morgan fingerprint density at radius 2 is 2.04 bits per heavy atom. The molecule has 24 heavy (non-hydrogen) atoms. The van der Waals surface area contributed by atoms with Crippen molar-refractivity contribution in [2.45, 2.75) is 13.8 Å². The number of hydrogen-bond acceptors (Lipinski definition) is 4. The minimum absolute atomic E-state index is 0.00581. The summed E-state index contributed by atoms with van der Waals surface area (Å²) in [6, 6.07) is 6.74. The van der Waals surface area contributed by atoms with Crippen LogP contribution in [-0.2, 0) is 4.79 Å². The molecule has 122 valence electrons. The lowest BCUT2D eigenvalue weighted by Crippen LogP contribution is -2.08. The van der Waals surface area contributed by atoms with Crippen molar-refractivity contribution in [1.82, 2.24) is 0 Å². The summed E-state index contributed by atoms with van der Waals surface area (Å²) in [5.74, 6) is -0.616. The van der Waals surface area contributed by atoms with Crippen LogP contribution in [0, 0.1) is 18.3 Å².